The highest BCUT2D eigenvalue weighted by atomic mass is 35.5. The van der Waals surface area contributed by atoms with Gasteiger partial charge in [-0.15, -0.1) is 0 Å². The Balaban J connectivity index is 1.93. The summed E-state index contributed by atoms with van der Waals surface area (Å²) in [6.45, 7) is 1.84. The van der Waals surface area contributed by atoms with Gasteiger partial charge in [-0.3, -0.25) is 0 Å². The largest absolute Gasteiger partial charge is 0.340 e. The summed E-state index contributed by atoms with van der Waals surface area (Å²) in [5, 5.41) is 3.66. The average molecular weight is 309 g/mol. The molecule has 0 aliphatic rings. The summed E-state index contributed by atoms with van der Waals surface area (Å²) in [5.41, 5.74) is 0. The van der Waals surface area contributed by atoms with E-state index in [4.69, 9.17) is 16.1 Å². The molecule has 0 fully saturated rings. The summed E-state index contributed by atoms with van der Waals surface area (Å²) in [5.74, 6) is 0.902. The molecule has 10 heteroatoms. The van der Waals surface area contributed by atoms with Crippen molar-refractivity contribution in [2.45, 2.75) is 17.6 Å². The van der Waals surface area contributed by atoms with Crippen LogP contribution in [0.1, 0.15) is 11.7 Å². The van der Waals surface area contributed by atoms with Crippen molar-refractivity contribution in [3.05, 3.63) is 22.4 Å². The zero-order valence-electron chi connectivity index (χ0n) is 9.25. The molecule has 0 amide bonds. The van der Waals surface area contributed by atoms with Gasteiger partial charge in [0.2, 0.25) is 5.89 Å². The van der Waals surface area contributed by atoms with Crippen LogP contribution in [0.25, 0.3) is 0 Å². The van der Waals surface area contributed by atoms with Crippen molar-refractivity contribution in [2.75, 3.05) is 6.54 Å². The SMILES string of the molecule is Cc1nc(CCNS(=O)(=O)c2cnc(Cl)s2)no1. The van der Waals surface area contributed by atoms with Crippen molar-refractivity contribution in [2.24, 2.45) is 0 Å². The number of nitrogens with zero attached hydrogens (tertiary/aromatic N) is 3. The molecule has 0 aliphatic carbocycles. The van der Waals surface area contributed by atoms with E-state index in [2.05, 4.69) is 19.8 Å². The molecule has 18 heavy (non-hydrogen) atoms. The Bertz CT molecular complexity index is 636. The zero-order chi connectivity index (χ0) is 13.2. The van der Waals surface area contributed by atoms with Crippen LogP contribution in [0.2, 0.25) is 4.47 Å². The highest BCUT2D eigenvalue weighted by molar-refractivity contribution is 7.91. The van der Waals surface area contributed by atoms with Crippen LogP contribution in [-0.4, -0.2) is 30.1 Å². The number of nitrogens with one attached hydrogen (secondary N) is 1. The Morgan fingerprint density at radius 1 is 1.56 bits per heavy atom. The highest BCUT2D eigenvalue weighted by Crippen LogP contribution is 2.21. The quantitative estimate of drug-likeness (QED) is 0.885. The second kappa shape index (κ2) is 5.31. The molecule has 2 aromatic rings. The van der Waals surface area contributed by atoms with Gasteiger partial charge in [-0.25, -0.2) is 18.1 Å². The molecule has 0 radical (unpaired) electrons. The van der Waals surface area contributed by atoms with Gasteiger partial charge in [0.15, 0.2) is 14.5 Å². The standard InChI is InChI=1S/C8H9ClN4O3S2/c1-5-12-6(13-16-5)2-3-11-18(14,15)7-4-10-8(9)17-7/h4,11H,2-3H2,1H3. The Hall–Kier alpha value is -1.03. The van der Waals surface area contributed by atoms with E-state index in [0.717, 1.165) is 11.3 Å². The van der Waals surface area contributed by atoms with Gasteiger partial charge < -0.3 is 4.52 Å². The second-order valence-electron chi connectivity index (χ2n) is 3.31. The van der Waals surface area contributed by atoms with Crippen molar-refractivity contribution in [3.8, 4) is 0 Å². The van der Waals surface area contributed by atoms with Gasteiger partial charge in [0.1, 0.15) is 0 Å². The fraction of sp³-hybridized carbons (Fsp3) is 0.375. The van der Waals surface area contributed by atoms with Crippen molar-refractivity contribution in [1.82, 2.24) is 19.8 Å². The van der Waals surface area contributed by atoms with E-state index < -0.39 is 10.0 Å². The first-order valence-electron chi connectivity index (χ1n) is 4.87. The number of thiazole rings is 1. The maximum atomic E-state index is 11.8. The van der Waals surface area contributed by atoms with Crippen LogP contribution in [0.3, 0.4) is 0 Å². The molecule has 0 saturated carbocycles. The maximum absolute atomic E-state index is 11.8. The smallest absolute Gasteiger partial charge is 0.251 e. The molecule has 2 rings (SSSR count). The van der Waals surface area contributed by atoms with Gasteiger partial charge in [-0.05, 0) is 0 Å². The Morgan fingerprint density at radius 2 is 2.33 bits per heavy atom. The van der Waals surface area contributed by atoms with Crippen LogP contribution in [0.15, 0.2) is 14.9 Å². The van der Waals surface area contributed by atoms with Crippen LogP contribution in [0, 0.1) is 6.92 Å². The molecule has 0 bridgehead atoms. The van der Waals surface area contributed by atoms with E-state index in [1.54, 1.807) is 6.92 Å². The molecule has 98 valence electrons. The number of hydrogen-bond acceptors (Lipinski definition) is 7. The van der Waals surface area contributed by atoms with Gasteiger partial charge in [0, 0.05) is 19.9 Å². The minimum Gasteiger partial charge on any atom is -0.340 e. The summed E-state index contributed by atoms with van der Waals surface area (Å²) >= 11 is 6.48. The third kappa shape index (κ3) is 3.25. The predicted octanol–water partition coefficient (Wildman–Crippen LogP) is 1.01. The molecule has 0 unspecified atom stereocenters. The summed E-state index contributed by atoms with van der Waals surface area (Å²) in [4.78, 5) is 7.64. The minimum absolute atomic E-state index is 0.0804. The summed E-state index contributed by atoms with van der Waals surface area (Å²) < 4.78 is 31.0. The van der Waals surface area contributed by atoms with Gasteiger partial charge >= 0.3 is 0 Å². The number of aryl methyl sites for hydroxylation is 1. The van der Waals surface area contributed by atoms with Gasteiger partial charge in [0.05, 0.1) is 6.20 Å². The van der Waals surface area contributed by atoms with E-state index >= 15 is 0 Å². The molecule has 7 nitrogen and oxygen atoms in total. The maximum Gasteiger partial charge on any atom is 0.251 e. The van der Waals surface area contributed by atoms with Crippen molar-refractivity contribution >= 4 is 33.0 Å². The van der Waals surface area contributed by atoms with Gasteiger partial charge in [-0.2, -0.15) is 4.98 Å². The van der Waals surface area contributed by atoms with Crippen molar-refractivity contribution in [3.63, 3.8) is 0 Å². The topological polar surface area (TPSA) is 98.0 Å². The summed E-state index contributed by atoms with van der Waals surface area (Å²) in [6, 6.07) is 0. The van der Waals surface area contributed by atoms with Crippen LogP contribution in [-0.2, 0) is 16.4 Å². The second-order valence-corrected chi connectivity index (χ2v) is 6.92. The number of halogens is 1. The van der Waals surface area contributed by atoms with Crippen LogP contribution in [0.5, 0.6) is 0 Å². The molecular formula is C8H9ClN4O3S2. The number of aromatic nitrogens is 3. The number of sulfonamides is 1. The van der Waals surface area contributed by atoms with E-state index in [-0.39, 0.29) is 15.2 Å². The molecule has 0 saturated heterocycles. The Labute approximate surface area is 112 Å². The lowest BCUT2D eigenvalue weighted by atomic mass is 10.4. The first-order valence-corrected chi connectivity index (χ1v) is 7.55. The molecule has 2 aromatic heterocycles. The molecule has 0 aromatic carbocycles. The van der Waals surface area contributed by atoms with E-state index in [0.29, 0.717) is 18.1 Å². The average Bonchev–Trinajstić information content (AvgIpc) is 2.88. The highest BCUT2D eigenvalue weighted by Gasteiger charge is 2.17. The lowest BCUT2D eigenvalue weighted by Gasteiger charge is -2.01. The molecule has 0 atom stereocenters. The van der Waals surface area contributed by atoms with Crippen LogP contribution < -0.4 is 4.72 Å². The molecule has 0 aliphatic heterocycles. The third-order valence-corrected chi connectivity index (χ3v) is 4.97. The lowest BCUT2D eigenvalue weighted by molar-refractivity contribution is 0.387. The minimum atomic E-state index is -3.57. The van der Waals surface area contributed by atoms with Gasteiger partial charge in [0.25, 0.3) is 10.0 Å². The predicted molar refractivity (Wildman–Crippen MR) is 65.1 cm³/mol. The molecule has 1 N–H and O–H groups in total. The fourth-order valence-electron chi connectivity index (χ4n) is 1.17. The Morgan fingerprint density at radius 3 is 2.89 bits per heavy atom. The molecule has 0 spiro atoms. The van der Waals surface area contributed by atoms with Crippen LogP contribution >= 0.6 is 22.9 Å². The Kier molecular flexibility index (Phi) is 3.95. The number of rotatable bonds is 5. The van der Waals surface area contributed by atoms with E-state index in [1.807, 2.05) is 0 Å². The van der Waals surface area contributed by atoms with E-state index in [9.17, 15) is 8.42 Å². The fourth-order valence-corrected chi connectivity index (χ4v) is 3.54. The summed E-state index contributed by atoms with van der Waals surface area (Å²) in [6.07, 6.45) is 1.57. The lowest BCUT2D eigenvalue weighted by Crippen LogP contribution is -2.25. The van der Waals surface area contributed by atoms with Crippen LogP contribution in [0.4, 0.5) is 0 Å². The summed E-state index contributed by atoms with van der Waals surface area (Å²) in [7, 11) is -3.57. The van der Waals surface area contributed by atoms with Crippen molar-refractivity contribution < 1.29 is 12.9 Å². The van der Waals surface area contributed by atoms with Crippen molar-refractivity contribution in [1.29, 1.82) is 0 Å². The normalized spacial score (nSPS) is 11.9. The third-order valence-electron chi connectivity index (χ3n) is 1.93. The number of hydrogen-bond donors (Lipinski definition) is 1. The monoisotopic (exact) mass is 308 g/mol. The van der Waals surface area contributed by atoms with Gasteiger partial charge in [-0.1, -0.05) is 28.1 Å². The first-order chi connectivity index (χ1) is 8.47. The zero-order valence-corrected chi connectivity index (χ0v) is 11.6. The van der Waals surface area contributed by atoms with E-state index in [1.165, 1.54) is 6.20 Å². The molecular weight excluding hydrogens is 300 g/mol. The first kappa shape index (κ1) is 13.4. The molecule has 2 heterocycles.